The van der Waals surface area contributed by atoms with E-state index in [1.54, 1.807) is 6.07 Å². The van der Waals surface area contributed by atoms with Gasteiger partial charge in [-0.05, 0) is 31.3 Å². The molecule has 0 saturated heterocycles. The summed E-state index contributed by atoms with van der Waals surface area (Å²) >= 11 is 16.8. The van der Waals surface area contributed by atoms with Crippen molar-refractivity contribution in [2.24, 2.45) is 0 Å². The fourth-order valence-electron chi connectivity index (χ4n) is 1.41. The average Bonchev–Trinajstić information content (AvgIpc) is 2.50. The summed E-state index contributed by atoms with van der Waals surface area (Å²) in [6.07, 6.45) is 0. The van der Waals surface area contributed by atoms with E-state index in [4.69, 9.17) is 35.4 Å². The van der Waals surface area contributed by atoms with Gasteiger partial charge in [-0.2, -0.15) is 0 Å². The van der Waals surface area contributed by atoms with Gasteiger partial charge in [0.1, 0.15) is 0 Å². The first-order chi connectivity index (χ1) is 7.08. The van der Waals surface area contributed by atoms with Crippen molar-refractivity contribution in [1.29, 1.82) is 0 Å². The third-order valence-electron chi connectivity index (χ3n) is 2.12. The molecule has 0 bridgehead atoms. The molecular formula is C10H8Cl2N2S. The number of aromatic nitrogens is 2. The van der Waals surface area contributed by atoms with Crippen LogP contribution < -0.4 is 0 Å². The first-order valence-corrected chi connectivity index (χ1v) is 5.48. The minimum absolute atomic E-state index is 0.536. The van der Waals surface area contributed by atoms with E-state index in [1.807, 2.05) is 19.1 Å². The SMILES string of the molecule is Cc1[nH]c(=S)[nH]c1-c1ccc(Cl)c(Cl)c1. The summed E-state index contributed by atoms with van der Waals surface area (Å²) in [5, 5.41) is 1.08. The van der Waals surface area contributed by atoms with E-state index in [0.29, 0.717) is 14.8 Å². The summed E-state index contributed by atoms with van der Waals surface area (Å²) in [6, 6.07) is 5.48. The lowest BCUT2D eigenvalue weighted by Crippen LogP contribution is -1.81. The van der Waals surface area contributed by atoms with E-state index in [0.717, 1.165) is 17.0 Å². The Balaban J connectivity index is 2.59. The van der Waals surface area contributed by atoms with Crippen LogP contribution in [0, 0.1) is 11.7 Å². The summed E-state index contributed by atoms with van der Waals surface area (Å²) in [7, 11) is 0. The van der Waals surface area contributed by atoms with Crippen LogP contribution in [-0.2, 0) is 0 Å². The number of benzene rings is 1. The second-order valence-electron chi connectivity index (χ2n) is 3.21. The van der Waals surface area contributed by atoms with E-state index >= 15 is 0 Å². The highest BCUT2D eigenvalue weighted by Gasteiger charge is 2.06. The Kier molecular flexibility index (Phi) is 2.87. The van der Waals surface area contributed by atoms with Crippen LogP contribution in [0.5, 0.6) is 0 Å². The largest absolute Gasteiger partial charge is 0.334 e. The molecule has 78 valence electrons. The Hall–Kier alpha value is -0.770. The molecule has 0 atom stereocenters. The number of imidazole rings is 1. The summed E-state index contributed by atoms with van der Waals surface area (Å²) < 4.78 is 0.605. The smallest absolute Gasteiger partial charge is 0.175 e. The van der Waals surface area contributed by atoms with Gasteiger partial charge in [0.05, 0.1) is 15.7 Å². The molecule has 1 aromatic heterocycles. The van der Waals surface area contributed by atoms with Gasteiger partial charge in [-0.1, -0.05) is 29.3 Å². The molecular weight excluding hydrogens is 251 g/mol. The quantitative estimate of drug-likeness (QED) is 0.733. The lowest BCUT2D eigenvalue weighted by Gasteiger charge is -2.01. The second kappa shape index (κ2) is 4.00. The van der Waals surface area contributed by atoms with E-state index in [9.17, 15) is 0 Å². The molecule has 0 radical (unpaired) electrons. The number of nitrogens with one attached hydrogen (secondary N) is 2. The van der Waals surface area contributed by atoms with Gasteiger partial charge in [0.2, 0.25) is 0 Å². The highest BCUT2D eigenvalue weighted by molar-refractivity contribution is 7.71. The van der Waals surface area contributed by atoms with Gasteiger partial charge in [-0.3, -0.25) is 0 Å². The lowest BCUT2D eigenvalue weighted by molar-refractivity contribution is 1.22. The van der Waals surface area contributed by atoms with E-state index in [-0.39, 0.29) is 0 Å². The van der Waals surface area contributed by atoms with Crippen molar-refractivity contribution < 1.29 is 0 Å². The van der Waals surface area contributed by atoms with Crippen LogP contribution in [-0.4, -0.2) is 9.97 Å². The molecule has 5 heteroatoms. The fraction of sp³-hybridized carbons (Fsp3) is 0.100. The number of rotatable bonds is 1. The average molecular weight is 259 g/mol. The fourth-order valence-corrected chi connectivity index (χ4v) is 1.96. The van der Waals surface area contributed by atoms with Gasteiger partial charge in [0.25, 0.3) is 0 Å². The predicted molar refractivity (Wildman–Crippen MR) is 66.2 cm³/mol. The maximum atomic E-state index is 5.94. The number of hydrogen-bond acceptors (Lipinski definition) is 1. The molecule has 0 amide bonds. The second-order valence-corrected chi connectivity index (χ2v) is 4.43. The van der Waals surface area contributed by atoms with Gasteiger partial charge in [0, 0.05) is 11.3 Å². The lowest BCUT2D eigenvalue weighted by atomic mass is 10.1. The summed E-state index contributed by atoms with van der Waals surface area (Å²) in [5.74, 6) is 0. The first kappa shape index (κ1) is 10.7. The summed E-state index contributed by atoms with van der Waals surface area (Å²) in [4.78, 5) is 6.09. The Labute approximate surface area is 102 Å². The highest BCUT2D eigenvalue weighted by Crippen LogP contribution is 2.28. The minimum Gasteiger partial charge on any atom is -0.334 e. The topological polar surface area (TPSA) is 31.6 Å². The van der Waals surface area contributed by atoms with Crippen LogP contribution in [0.15, 0.2) is 18.2 Å². The molecule has 0 spiro atoms. The molecule has 0 aliphatic rings. The zero-order chi connectivity index (χ0) is 11.0. The van der Waals surface area contributed by atoms with Gasteiger partial charge >= 0.3 is 0 Å². The Morgan fingerprint density at radius 1 is 1.13 bits per heavy atom. The molecule has 2 N–H and O–H groups in total. The molecule has 1 heterocycles. The normalized spacial score (nSPS) is 10.6. The number of aryl methyl sites for hydroxylation is 1. The van der Waals surface area contributed by atoms with E-state index in [2.05, 4.69) is 9.97 Å². The predicted octanol–water partition coefficient (Wildman–Crippen LogP) is 4.35. The van der Waals surface area contributed by atoms with Crippen molar-refractivity contribution in [1.82, 2.24) is 9.97 Å². The van der Waals surface area contributed by atoms with Crippen LogP contribution in [0.3, 0.4) is 0 Å². The van der Waals surface area contributed by atoms with Crippen molar-refractivity contribution in [2.75, 3.05) is 0 Å². The van der Waals surface area contributed by atoms with Crippen LogP contribution in [0.2, 0.25) is 10.0 Å². The van der Waals surface area contributed by atoms with E-state index < -0.39 is 0 Å². The third kappa shape index (κ3) is 2.09. The number of aromatic amines is 2. The molecule has 15 heavy (non-hydrogen) atoms. The maximum absolute atomic E-state index is 5.94. The molecule has 0 saturated carbocycles. The van der Waals surface area contributed by atoms with Crippen LogP contribution in [0.25, 0.3) is 11.3 Å². The Morgan fingerprint density at radius 3 is 2.40 bits per heavy atom. The zero-order valence-electron chi connectivity index (χ0n) is 7.90. The molecule has 0 fully saturated rings. The zero-order valence-corrected chi connectivity index (χ0v) is 10.2. The summed E-state index contributed by atoms with van der Waals surface area (Å²) in [6.45, 7) is 1.95. The summed E-state index contributed by atoms with van der Waals surface area (Å²) in [5.41, 5.74) is 2.89. The molecule has 0 aliphatic heterocycles. The highest BCUT2D eigenvalue weighted by atomic mass is 35.5. The van der Waals surface area contributed by atoms with Crippen LogP contribution in [0.1, 0.15) is 5.69 Å². The van der Waals surface area contributed by atoms with Crippen molar-refractivity contribution in [3.8, 4) is 11.3 Å². The molecule has 0 aliphatic carbocycles. The van der Waals surface area contributed by atoms with Gasteiger partial charge in [-0.15, -0.1) is 0 Å². The standard InChI is InChI=1S/C10H8Cl2N2S/c1-5-9(14-10(15)13-5)6-2-3-7(11)8(12)4-6/h2-4H,1H3,(H2,13,14,15). The molecule has 2 nitrogen and oxygen atoms in total. The van der Waals surface area contributed by atoms with E-state index in [1.165, 1.54) is 0 Å². The Morgan fingerprint density at radius 2 is 1.87 bits per heavy atom. The molecule has 0 unspecified atom stereocenters. The number of H-pyrrole nitrogens is 2. The monoisotopic (exact) mass is 258 g/mol. The molecule has 2 rings (SSSR count). The van der Waals surface area contributed by atoms with Gasteiger partial charge in [-0.25, -0.2) is 0 Å². The number of halogens is 2. The molecule has 2 aromatic rings. The van der Waals surface area contributed by atoms with Crippen molar-refractivity contribution in [3.05, 3.63) is 38.7 Å². The molecule has 1 aromatic carbocycles. The van der Waals surface area contributed by atoms with Crippen LogP contribution >= 0.6 is 35.4 Å². The van der Waals surface area contributed by atoms with Gasteiger partial charge < -0.3 is 9.97 Å². The van der Waals surface area contributed by atoms with Crippen molar-refractivity contribution in [2.45, 2.75) is 6.92 Å². The van der Waals surface area contributed by atoms with Crippen molar-refractivity contribution >= 4 is 35.4 Å². The van der Waals surface area contributed by atoms with Gasteiger partial charge in [0.15, 0.2) is 4.77 Å². The third-order valence-corrected chi connectivity index (χ3v) is 3.07. The number of hydrogen-bond donors (Lipinski definition) is 2. The Bertz CT molecular complexity index is 557. The first-order valence-electron chi connectivity index (χ1n) is 4.32. The van der Waals surface area contributed by atoms with Crippen molar-refractivity contribution in [3.63, 3.8) is 0 Å². The van der Waals surface area contributed by atoms with Crippen LogP contribution in [0.4, 0.5) is 0 Å². The maximum Gasteiger partial charge on any atom is 0.175 e. The minimum atomic E-state index is 0.536.